The Balaban J connectivity index is 2.58. The predicted molar refractivity (Wildman–Crippen MR) is 61.1 cm³/mol. The molecule has 0 saturated carbocycles. The molecule has 2 rings (SSSR count). The van der Waals surface area contributed by atoms with Gasteiger partial charge in [0, 0.05) is 11.3 Å². The zero-order valence-electron chi connectivity index (χ0n) is 8.69. The first-order valence-corrected chi connectivity index (χ1v) is 4.73. The second kappa shape index (κ2) is 3.69. The van der Waals surface area contributed by atoms with Crippen LogP contribution in [0.25, 0.3) is 11.4 Å². The Morgan fingerprint density at radius 3 is 2.75 bits per heavy atom. The lowest BCUT2D eigenvalue weighted by Gasteiger charge is -2.04. The van der Waals surface area contributed by atoms with E-state index in [1.54, 1.807) is 12.1 Å². The molecular formula is C11H11N3O2. The van der Waals surface area contributed by atoms with E-state index in [4.69, 9.17) is 5.73 Å². The molecule has 16 heavy (non-hydrogen) atoms. The first-order valence-electron chi connectivity index (χ1n) is 4.73. The van der Waals surface area contributed by atoms with Gasteiger partial charge in [0.2, 0.25) is 5.88 Å². The molecule has 0 saturated heterocycles. The second-order valence-electron chi connectivity index (χ2n) is 3.52. The number of H-pyrrole nitrogens is 1. The number of hydrogen-bond acceptors (Lipinski definition) is 4. The van der Waals surface area contributed by atoms with Crippen molar-refractivity contribution in [3.05, 3.63) is 40.2 Å². The third-order valence-corrected chi connectivity index (χ3v) is 2.28. The first-order chi connectivity index (χ1) is 7.56. The van der Waals surface area contributed by atoms with E-state index in [0.717, 1.165) is 11.6 Å². The van der Waals surface area contributed by atoms with E-state index in [1.807, 2.05) is 13.0 Å². The van der Waals surface area contributed by atoms with Gasteiger partial charge in [-0.1, -0.05) is 12.1 Å². The smallest absolute Gasteiger partial charge is 0.254 e. The Bertz CT molecular complexity index is 590. The summed E-state index contributed by atoms with van der Waals surface area (Å²) in [4.78, 5) is 17.5. The van der Waals surface area contributed by atoms with Gasteiger partial charge in [0.05, 0.1) is 6.07 Å². The number of aromatic hydroxyl groups is 1. The zero-order chi connectivity index (χ0) is 11.7. The molecule has 0 unspecified atom stereocenters. The van der Waals surface area contributed by atoms with E-state index in [2.05, 4.69) is 9.97 Å². The molecule has 0 aliphatic rings. The van der Waals surface area contributed by atoms with Gasteiger partial charge in [-0.05, 0) is 18.6 Å². The number of nitrogens with two attached hydrogens (primary N) is 1. The van der Waals surface area contributed by atoms with Gasteiger partial charge in [-0.3, -0.25) is 4.79 Å². The maximum Gasteiger partial charge on any atom is 0.254 e. The average Bonchev–Trinajstić information content (AvgIpc) is 2.20. The number of rotatable bonds is 1. The van der Waals surface area contributed by atoms with Crippen LogP contribution in [0.3, 0.4) is 0 Å². The number of aryl methyl sites for hydroxylation is 1. The number of aromatic nitrogens is 2. The molecule has 4 N–H and O–H groups in total. The van der Waals surface area contributed by atoms with Crippen LogP contribution < -0.4 is 11.3 Å². The molecule has 5 nitrogen and oxygen atoms in total. The number of nitrogen functional groups attached to an aromatic ring is 1. The van der Waals surface area contributed by atoms with E-state index >= 15 is 0 Å². The Kier molecular flexibility index (Phi) is 2.36. The minimum absolute atomic E-state index is 0.303. The van der Waals surface area contributed by atoms with Crippen LogP contribution in [-0.4, -0.2) is 15.1 Å². The number of nitrogens with zero attached hydrogens (tertiary/aromatic N) is 1. The van der Waals surface area contributed by atoms with Crippen molar-refractivity contribution in [2.24, 2.45) is 0 Å². The van der Waals surface area contributed by atoms with Gasteiger partial charge in [0.25, 0.3) is 5.56 Å². The van der Waals surface area contributed by atoms with E-state index in [-0.39, 0.29) is 5.88 Å². The zero-order valence-corrected chi connectivity index (χ0v) is 8.69. The molecule has 82 valence electrons. The van der Waals surface area contributed by atoms with Gasteiger partial charge < -0.3 is 15.8 Å². The average molecular weight is 217 g/mol. The molecule has 5 heteroatoms. The summed E-state index contributed by atoms with van der Waals surface area (Å²) >= 11 is 0. The molecular weight excluding hydrogens is 206 g/mol. The van der Waals surface area contributed by atoms with Crippen molar-refractivity contribution in [3.63, 3.8) is 0 Å². The van der Waals surface area contributed by atoms with Crippen molar-refractivity contribution in [2.45, 2.75) is 6.92 Å². The minimum atomic E-state index is -0.401. The van der Waals surface area contributed by atoms with Crippen LogP contribution in [0, 0.1) is 6.92 Å². The molecule has 0 aliphatic heterocycles. The van der Waals surface area contributed by atoms with Crippen LogP contribution in [0.4, 0.5) is 5.69 Å². The van der Waals surface area contributed by atoms with E-state index in [1.165, 1.54) is 0 Å². The Morgan fingerprint density at radius 1 is 1.38 bits per heavy atom. The molecule has 0 amide bonds. The summed E-state index contributed by atoms with van der Waals surface area (Å²) in [5.41, 5.74) is 7.58. The van der Waals surface area contributed by atoms with E-state index < -0.39 is 5.56 Å². The van der Waals surface area contributed by atoms with Crippen LogP contribution in [0.2, 0.25) is 0 Å². The van der Waals surface area contributed by atoms with Crippen LogP contribution >= 0.6 is 0 Å². The summed E-state index contributed by atoms with van der Waals surface area (Å²) in [6.07, 6.45) is 0. The van der Waals surface area contributed by atoms with Gasteiger partial charge in [-0.15, -0.1) is 0 Å². The quantitative estimate of drug-likeness (QED) is 0.622. The van der Waals surface area contributed by atoms with Crippen molar-refractivity contribution < 1.29 is 5.11 Å². The lowest BCUT2D eigenvalue weighted by molar-refractivity contribution is 0.452. The SMILES string of the molecule is Cc1ccc(-c2nc(O)cc(=O)[nH]2)cc1N. The van der Waals surface area contributed by atoms with Crippen LogP contribution in [0.15, 0.2) is 29.1 Å². The fourth-order valence-electron chi connectivity index (χ4n) is 1.37. The van der Waals surface area contributed by atoms with Crippen molar-refractivity contribution in [2.75, 3.05) is 5.73 Å². The number of hydrogen-bond donors (Lipinski definition) is 3. The van der Waals surface area contributed by atoms with Gasteiger partial charge in [0.1, 0.15) is 5.82 Å². The van der Waals surface area contributed by atoms with Crippen molar-refractivity contribution >= 4 is 5.69 Å². The topological polar surface area (TPSA) is 92.0 Å². The number of nitrogens with one attached hydrogen (secondary N) is 1. The third kappa shape index (κ3) is 1.88. The summed E-state index contributed by atoms with van der Waals surface area (Å²) in [5, 5.41) is 9.22. The highest BCUT2D eigenvalue weighted by molar-refractivity contribution is 5.63. The molecule has 2 aromatic rings. The van der Waals surface area contributed by atoms with Crippen LogP contribution in [0.5, 0.6) is 5.88 Å². The number of aromatic amines is 1. The highest BCUT2D eigenvalue weighted by Crippen LogP contribution is 2.20. The summed E-state index contributed by atoms with van der Waals surface area (Å²) in [5.74, 6) is -0.00500. The number of benzene rings is 1. The lowest BCUT2D eigenvalue weighted by Crippen LogP contribution is -2.06. The third-order valence-electron chi connectivity index (χ3n) is 2.28. The molecule has 0 aliphatic carbocycles. The molecule has 0 bridgehead atoms. The fraction of sp³-hybridized carbons (Fsp3) is 0.0909. The van der Waals surface area contributed by atoms with E-state index in [0.29, 0.717) is 17.1 Å². The molecule has 1 aromatic heterocycles. The standard InChI is InChI=1S/C11H11N3O2/c1-6-2-3-7(4-8(6)12)11-13-9(15)5-10(16)14-11/h2-5H,12H2,1H3,(H2,13,14,15,16). The molecule has 0 spiro atoms. The molecule has 1 aromatic carbocycles. The number of anilines is 1. The van der Waals surface area contributed by atoms with Gasteiger partial charge >= 0.3 is 0 Å². The predicted octanol–water partition coefficient (Wildman–Crippen LogP) is 1.03. The van der Waals surface area contributed by atoms with E-state index in [9.17, 15) is 9.90 Å². The maximum atomic E-state index is 11.1. The largest absolute Gasteiger partial charge is 0.493 e. The normalized spacial score (nSPS) is 10.3. The summed E-state index contributed by atoms with van der Waals surface area (Å²) < 4.78 is 0. The van der Waals surface area contributed by atoms with Crippen molar-refractivity contribution in [1.82, 2.24) is 9.97 Å². The molecule has 0 fully saturated rings. The maximum absolute atomic E-state index is 11.1. The first kappa shape index (κ1) is 10.2. The van der Waals surface area contributed by atoms with Gasteiger partial charge in [-0.25, -0.2) is 0 Å². The monoisotopic (exact) mass is 217 g/mol. The molecule has 0 radical (unpaired) electrons. The Hall–Kier alpha value is -2.30. The second-order valence-corrected chi connectivity index (χ2v) is 3.52. The van der Waals surface area contributed by atoms with Crippen LogP contribution in [-0.2, 0) is 0 Å². The highest BCUT2D eigenvalue weighted by Gasteiger charge is 2.04. The summed E-state index contributed by atoms with van der Waals surface area (Å²) in [6.45, 7) is 1.89. The fourth-order valence-corrected chi connectivity index (χ4v) is 1.37. The van der Waals surface area contributed by atoms with Gasteiger partial charge in [0.15, 0.2) is 0 Å². The van der Waals surface area contributed by atoms with Gasteiger partial charge in [-0.2, -0.15) is 4.98 Å². The molecule has 1 heterocycles. The Labute approximate surface area is 91.6 Å². The minimum Gasteiger partial charge on any atom is -0.493 e. The summed E-state index contributed by atoms with van der Waals surface area (Å²) in [7, 11) is 0. The Morgan fingerprint density at radius 2 is 2.12 bits per heavy atom. The van der Waals surface area contributed by atoms with Crippen molar-refractivity contribution in [1.29, 1.82) is 0 Å². The van der Waals surface area contributed by atoms with Crippen LogP contribution in [0.1, 0.15) is 5.56 Å². The molecule has 0 atom stereocenters. The lowest BCUT2D eigenvalue weighted by atomic mass is 10.1. The van der Waals surface area contributed by atoms with Crippen molar-refractivity contribution in [3.8, 4) is 17.3 Å². The summed E-state index contributed by atoms with van der Waals surface area (Å²) in [6, 6.07) is 6.33. The highest BCUT2D eigenvalue weighted by atomic mass is 16.3.